The third-order valence-electron chi connectivity index (χ3n) is 2.30. The second kappa shape index (κ2) is 6.92. The van der Waals surface area contributed by atoms with Crippen molar-refractivity contribution in [2.24, 2.45) is 5.92 Å². The zero-order valence-corrected chi connectivity index (χ0v) is 11.8. The lowest BCUT2D eigenvalue weighted by molar-refractivity contribution is 0.530. The van der Waals surface area contributed by atoms with Crippen molar-refractivity contribution >= 4 is 22.0 Å². The minimum Gasteiger partial charge on any atom is -0.450 e. The molecule has 1 aromatic heterocycles. The van der Waals surface area contributed by atoms with E-state index in [9.17, 15) is 0 Å². The lowest BCUT2D eigenvalue weighted by atomic mass is 10.1. The molecule has 0 spiro atoms. The summed E-state index contributed by atoms with van der Waals surface area (Å²) in [6.45, 7) is 8.59. The van der Waals surface area contributed by atoms with Crippen LogP contribution < -0.4 is 5.32 Å². The Morgan fingerprint density at radius 3 is 2.75 bits per heavy atom. The number of nitrogens with one attached hydrogen (secondary N) is 1. The first-order valence-electron chi connectivity index (χ1n) is 5.77. The maximum absolute atomic E-state index is 5.46. The van der Waals surface area contributed by atoms with Crippen molar-refractivity contribution in [3.05, 3.63) is 28.1 Å². The molecule has 0 unspecified atom stereocenters. The largest absolute Gasteiger partial charge is 0.450 e. The zero-order valence-electron chi connectivity index (χ0n) is 10.2. The first-order valence-corrected chi connectivity index (χ1v) is 6.56. The molecule has 16 heavy (non-hydrogen) atoms. The minimum atomic E-state index is 0.691. The Labute approximate surface area is 106 Å². The summed E-state index contributed by atoms with van der Waals surface area (Å²) in [6, 6.07) is 3.89. The fourth-order valence-electron chi connectivity index (χ4n) is 1.41. The van der Waals surface area contributed by atoms with Gasteiger partial charge < -0.3 is 9.73 Å². The van der Waals surface area contributed by atoms with Gasteiger partial charge in [0.2, 0.25) is 0 Å². The van der Waals surface area contributed by atoms with Gasteiger partial charge in [-0.1, -0.05) is 26.3 Å². The van der Waals surface area contributed by atoms with Gasteiger partial charge in [-0.2, -0.15) is 0 Å². The summed E-state index contributed by atoms with van der Waals surface area (Å²) < 4.78 is 6.24. The second-order valence-electron chi connectivity index (χ2n) is 4.32. The van der Waals surface area contributed by atoms with Crippen molar-refractivity contribution in [2.75, 3.05) is 13.1 Å². The first-order chi connectivity index (χ1) is 7.61. The van der Waals surface area contributed by atoms with Crippen LogP contribution in [0.3, 0.4) is 0 Å². The average Bonchev–Trinajstić information content (AvgIpc) is 2.62. The molecule has 0 saturated carbocycles. The standard InChI is InChI=1S/C13H20BrNO/c1-4-11(9-15-8-10(2)3)7-12-5-6-13(14)16-12/h5-7,10,15H,4,8-9H2,1-3H3. The van der Waals surface area contributed by atoms with E-state index in [1.807, 2.05) is 12.1 Å². The third-order valence-corrected chi connectivity index (χ3v) is 2.73. The third kappa shape index (κ3) is 4.99. The SMILES string of the molecule is CCC(=Cc1ccc(Br)o1)CNCC(C)C. The Balaban J connectivity index is 2.50. The van der Waals surface area contributed by atoms with Crippen LogP contribution in [0.25, 0.3) is 6.08 Å². The Kier molecular flexibility index (Phi) is 5.85. The summed E-state index contributed by atoms with van der Waals surface area (Å²) in [4.78, 5) is 0. The van der Waals surface area contributed by atoms with Gasteiger partial charge in [0.1, 0.15) is 5.76 Å². The van der Waals surface area contributed by atoms with Crippen molar-refractivity contribution in [2.45, 2.75) is 27.2 Å². The van der Waals surface area contributed by atoms with Crippen molar-refractivity contribution < 1.29 is 4.42 Å². The van der Waals surface area contributed by atoms with Crippen LogP contribution in [0.2, 0.25) is 0 Å². The first kappa shape index (κ1) is 13.5. The molecule has 1 aromatic rings. The Morgan fingerprint density at radius 1 is 1.50 bits per heavy atom. The van der Waals surface area contributed by atoms with E-state index in [0.717, 1.165) is 29.9 Å². The molecule has 0 fully saturated rings. The average molecular weight is 286 g/mol. The quantitative estimate of drug-likeness (QED) is 0.852. The van der Waals surface area contributed by atoms with Gasteiger partial charge in [-0.25, -0.2) is 0 Å². The van der Waals surface area contributed by atoms with Crippen LogP contribution in [0.15, 0.2) is 26.8 Å². The van der Waals surface area contributed by atoms with Crippen molar-refractivity contribution in [1.29, 1.82) is 0 Å². The monoisotopic (exact) mass is 285 g/mol. The van der Waals surface area contributed by atoms with Gasteiger partial charge in [0, 0.05) is 6.54 Å². The maximum Gasteiger partial charge on any atom is 0.169 e. The molecule has 0 amide bonds. The number of furan rings is 1. The topological polar surface area (TPSA) is 25.2 Å². The molecule has 0 aromatic carbocycles. The molecular formula is C13H20BrNO. The highest BCUT2D eigenvalue weighted by Gasteiger charge is 2.00. The molecule has 1 rings (SSSR count). The molecule has 0 aliphatic rings. The minimum absolute atomic E-state index is 0.691. The second-order valence-corrected chi connectivity index (χ2v) is 5.10. The van der Waals surface area contributed by atoms with Crippen molar-refractivity contribution in [1.82, 2.24) is 5.32 Å². The van der Waals surface area contributed by atoms with Gasteiger partial charge in [-0.15, -0.1) is 0 Å². The number of hydrogen-bond donors (Lipinski definition) is 1. The van der Waals surface area contributed by atoms with Gasteiger partial charge in [-0.3, -0.25) is 0 Å². The summed E-state index contributed by atoms with van der Waals surface area (Å²) in [5, 5.41) is 3.44. The van der Waals surface area contributed by atoms with E-state index in [4.69, 9.17) is 4.42 Å². The molecule has 0 atom stereocenters. The van der Waals surface area contributed by atoms with Gasteiger partial charge in [0.05, 0.1) is 0 Å². The highest BCUT2D eigenvalue weighted by molar-refractivity contribution is 9.10. The summed E-state index contributed by atoms with van der Waals surface area (Å²) in [5.41, 5.74) is 1.36. The van der Waals surface area contributed by atoms with E-state index in [0.29, 0.717) is 5.92 Å². The fourth-order valence-corrected chi connectivity index (χ4v) is 1.73. The Bertz CT molecular complexity index is 341. The molecule has 1 N–H and O–H groups in total. The van der Waals surface area contributed by atoms with E-state index in [-0.39, 0.29) is 0 Å². The maximum atomic E-state index is 5.46. The van der Waals surface area contributed by atoms with E-state index < -0.39 is 0 Å². The van der Waals surface area contributed by atoms with E-state index in [1.54, 1.807) is 0 Å². The number of hydrogen-bond acceptors (Lipinski definition) is 2. The predicted molar refractivity (Wildman–Crippen MR) is 72.4 cm³/mol. The molecule has 0 aliphatic heterocycles. The highest BCUT2D eigenvalue weighted by atomic mass is 79.9. The molecular weight excluding hydrogens is 266 g/mol. The van der Waals surface area contributed by atoms with Crippen LogP contribution in [0.5, 0.6) is 0 Å². The van der Waals surface area contributed by atoms with Crippen LogP contribution >= 0.6 is 15.9 Å². The fraction of sp³-hybridized carbons (Fsp3) is 0.538. The molecule has 1 heterocycles. The lowest BCUT2D eigenvalue weighted by Crippen LogP contribution is -2.21. The summed E-state index contributed by atoms with van der Waals surface area (Å²) in [6.07, 6.45) is 3.15. The van der Waals surface area contributed by atoms with Crippen LogP contribution in [0, 0.1) is 5.92 Å². The van der Waals surface area contributed by atoms with Gasteiger partial charge >= 0.3 is 0 Å². The summed E-state index contributed by atoms with van der Waals surface area (Å²) >= 11 is 3.30. The molecule has 0 radical (unpaired) electrons. The molecule has 3 heteroatoms. The van der Waals surface area contributed by atoms with E-state index in [1.165, 1.54) is 5.57 Å². The number of rotatable bonds is 6. The van der Waals surface area contributed by atoms with Crippen molar-refractivity contribution in [3.8, 4) is 0 Å². The normalized spacial score (nSPS) is 12.4. The van der Waals surface area contributed by atoms with E-state index >= 15 is 0 Å². The Morgan fingerprint density at radius 2 is 2.25 bits per heavy atom. The summed E-state index contributed by atoms with van der Waals surface area (Å²) in [5.74, 6) is 1.60. The summed E-state index contributed by atoms with van der Waals surface area (Å²) in [7, 11) is 0. The molecule has 90 valence electrons. The molecule has 0 saturated heterocycles. The molecule has 0 bridgehead atoms. The molecule has 2 nitrogen and oxygen atoms in total. The predicted octanol–water partition coefficient (Wildman–Crippen LogP) is 4.08. The highest BCUT2D eigenvalue weighted by Crippen LogP contribution is 2.17. The van der Waals surface area contributed by atoms with Crippen LogP contribution in [-0.2, 0) is 0 Å². The van der Waals surface area contributed by atoms with Gasteiger partial charge in [0.25, 0.3) is 0 Å². The van der Waals surface area contributed by atoms with Gasteiger partial charge in [-0.05, 0) is 53.0 Å². The van der Waals surface area contributed by atoms with E-state index in [2.05, 4.69) is 48.1 Å². The van der Waals surface area contributed by atoms with Crippen molar-refractivity contribution in [3.63, 3.8) is 0 Å². The van der Waals surface area contributed by atoms with Crippen LogP contribution in [-0.4, -0.2) is 13.1 Å². The zero-order chi connectivity index (χ0) is 12.0. The number of halogens is 1. The Hall–Kier alpha value is -0.540. The molecule has 0 aliphatic carbocycles. The smallest absolute Gasteiger partial charge is 0.169 e. The van der Waals surface area contributed by atoms with Crippen LogP contribution in [0.4, 0.5) is 0 Å². The lowest BCUT2D eigenvalue weighted by Gasteiger charge is -2.08. The van der Waals surface area contributed by atoms with Gasteiger partial charge in [0.15, 0.2) is 4.67 Å². The van der Waals surface area contributed by atoms with Crippen LogP contribution in [0.1, 0.15) is 33.0 Å².